The number of hydrogen-bond donors (Lipinski definition) is 0. The molecule has 3 aromatic carbocycles. The molecule has 0 fully saturated rings. The minimum Gasteiger partial charge on any atom is -0.305 e. The van der Waals surface area contributed by atoms with Crippen LogP contribution in [0.4, 0.5) is 0 Å². The number of nitrogens with zero attached hydrogens (tertiary/aromatic N) is 2. The molecule has 0 amide bonds. The molecule has 0 N–H and O–H groups in total. The summed E-state index contributed by atoms with van der Waals surface area (Å²) in [6.07, 6.45) is 3.72. The van der Waals surface area contributed by atoms with E-state index in [1.54, 1.807) is 6.20 Å². The van der Waals surface area contributed by atoms with E-state index in [-0.39, 0.29) is 20.1 Å². The number of fused-ring (bicyclic) bond motifs is 3. The molecule has 6 rings (SSSR count). The Morgan fingerprint density at radius 3 is 2.23 bits per heavy atom. The summed E-state index contributed by atoms with van der Waals surface area (Å²) in [4.78, 5) is 8.91. The predicted molar refractivity (Wildman–Crippen MR) is 167 cm³/mol. The smallest absolute Gasteiger partial charge is 0.0300 e. The van der Waals surface area contributed by atoms with Crippen LogP contribution in [0.3, 0.4) is 0 Å². The van der Waals surface area contributed by atoms with Crippen molar-refractivity contribution in [2.75, 3.05) is 0 Å². The van der Waals surface area contributed by atoms with Crippen LogP contribution in [0.2, 0.25) is 19.6 Å². The maximum atomic E-state index is 4.69. The monoisotopic (exact) mass is 721 g/mol. The van der Waals surface area contributed by atoms with Crippen molar-refractivity contribution in [2.24, 2.45) is 0 Å². The van der Waals surface area contributed by atoms with Crippen molar-refractivity contribution in [3.8, 4) is 22.5 Å². The van der Waals surface area contributed by atoms with Crippen molar-refractivity contribution >= 4 is 44.8 Å². The molecule has 0 aliphatic heterocycles. The second kappa shape index (κ2) is 12.5. The maximum Gasteiger partial charge on any atom is 0.0300 e. The first-order valence-corrected chi connectivity index (χ1v) is 17.4. The largest absolute Gasteiger partial charge is 0.305 e. The van der Waals surface area contributed by atoms with Crippen molar-refractivity contribution in [3.05, 3.63) is 115 Å². The number of aromatic nitrogens is 2. The van der Waals surface area contributed by atoms with E-state index in [4.69, 9.17) is 4.98 Å². The molecule has 6 aromatic rings. The van der Waals surface area contributed by atoms with Crippen LogP contribution in [0.25, 0.3) is 42.7 Å². The Hall–Kier alpha value is -2.95. The molecule has 39 heavy (non-hydrogen) atoms. The summed E-state index contributed by atoms with van der Waals surface area (Å²) in [7, 11) is -1.48. The topological polar surface area (TPSA) is 25.8 Å². The molecule has 0 bridgehead atoms. The van der Waals surface area contributed by atoms with Gasteiger partial charge in [-0.2, -0.15) is 11.3 Å². The average Bonchev–Trinajstić information content (AvgIpc) is 3.33. The summed E-state index contributed by atoms with van der Waals surface area (Å²) in [6.45, 7) is 11.7. The molecule has 0 saturated carbocycles. The van der Waals surface area contributed by atoms with Crippen LogP contribution in [0, 0.1) is 12.1 Å². The first-order valence-electron chi connectivity index (χ1n) is 13.0. The summed E-state index contributed by atoms with van der Waals surface area (Å²) in [5.74, 6) is 0.496. The van der Waals surface area contributed by atoms with E-state index < -0.39 is 8.07 Å². The molecule has 0 spiro atoms. The standard InChI is InChI=1S/C23H24NSSi.C11H8N.Ir/c1-15(2)16-12-13-24-19(14-16)17-10-11-21(26(3,4)5)22-18-8-6-7-9-20(18)25-23(17)22;1-2-6-10(7-3-1)11-8-4-5-9-12-11;/h6-9,11-15H,1-5H3;1-6,8-9H;/q2*-1;. The average molecular weight is 721 g/mol. The predicted octanol–water partition coefficient (Wildman–Crippen LogP) is 9.13. The summed E-state index contributed by atoms with van der Waals surface area (Å²) in [6, 6.07) is 35.8. The zero-order valence-electron chi connectivity index (χ0n) is 23.0. The molecule has 2 nitrogen and oxygen atoms in total. The van der Waals surface area contributed by atoms with Gasteiger partial charge in [-0.05, 0) is 45.6 Å². The summed E-state index contributed by atoms with van der Waals surface area (Å²) in [5, 5.41) is 4.30. The Bertz CT molecular complexity index is 1640. The van der Waals surface area contributed by atoms with Gasteiger partial charge >= 0.3 is 0 Å². The van der Waals surface area contributed by atoms with E-state index >= 15 is 0 Å². The van der Waals surface area contributed by atoms with Crippen molar-refractivity contribution in [3.63, 3.8) is 0 Å². The van der Waals surface area contributed by atoms with Gasteiger partial charge in [-0.3, -0.25) is 0 Å². The van der Waals surface area contributed by atoms with Gasteiger partial charge in [-0.25, -0.2) is 0 Å². The van der Waals surface area contributed by atoms with E-state index in [9.17, 15) is 0 Å². The zero-order chi connectivity index (χ0) is 26.7. The van der Waals surface area contributed by atoms with E-state index in [1.165, 1.54) is 30.9 Å². The molecule has 0 saturated heterocycles. The second-order valence-corrected chi connectivity index (χ2v) is 16.8. The van der Waals surface area contributed by atoms with E-state index in [0.717, 1.165) is 22.5 Å². The van der Waals surface area contributed by atoms with Crippen LogP contribution in [-0.4, -0.2) is 18.0 Å². The quantitative estimate of drug-likeness (QED) is 0.134. The summed E-state index contributed by atoms with van der Waals surface area (Å²) in [5.41, 5.74) is 5.52. The Morgan fingerprint density at radius 1 is 0.795 bits per heavy atom. The van der Waals surface area contributed by atoms with Gasteiger partial charge in [-0.15, -0.1) is 58.8 Å². The fourth-order valence-corrected chi connectivity index (χ4v) is 7.41. The van der Waals surface area contributed by atoms with Gasteiger partial charge < -0.3 is 9.97 Å². The van der Waals surface area contributed by atoms with Crippen molar-refractivity contribution in [1.82, 2.24) is 9.97 Å². The normalized spacial score (nSPS) is 11.2. The fourth-order valence-electron chi connectivity index (χ4n) is 4.57. The molecule has 3 aromatic heterocycles. The molecular weight excluding hydrogens is 689 g/mol. The third kappa shape index (κ3) is 6.45. The number of hydrogen-bond acceptors (Lipinski definition) is 3. The minimum absolute atomic E-state index is 0. The van der Waals surface area contributed by atoms with Crippen molar-refractivity contribution in [1.29, 1.82) is 0 Å². The van der Waals surface area contributed by atoms with Crippen molar-refractivity contribution in [2.45, 2.75) is 39.4 Å². The van der Waals surface area contributed by atoms with Crippen molar-refractivity contribution < 1.29 is 20.1 Å². The van der Waals surface area contributed by atoms with Crippen LogP contribution >= 0.6 is 11.3 Å². The molecule has 5 heteroatoms. The number of thiophene rings is 1. The third-order valence-electron chi connectivity index (χ3n) is 6.62. The Labute approximate surface area is 250 Å². The van der Waals surface area contributed by atoms with Crippen LogP contribution in [0.5, 0.6) is 0 Å². The number of rotatable bonds is 4. The Kier molecular flexibility index (Phi) is 9.29. The molecule has 0 aliphatic rings. The molecular formula is C34H32IrN2SSi-2. The van der Waals surface area contributed by atoms with Gasteiger partial charge in [0.15, 0.2) is 0 Å². The molecule has 3 heterocycles. The van der Waals surface area contributed by atoms with Crippen LogP contribution in [-0.2, 0) is 20.1 Å². The van der Waals surface area contributed by atoms with E-state index in [1.807, 2.05) is 60.0 Å². The van der Waals surface area contributed by atoms with Gasteiger partial charge in [0.25, 0.3) is 0 Å². The third-order valence-corrected chi connectivity index (χ3v) is 9.82. The maximum absolute atomic E-state index is 4.69. The van der Waals surface area contributed by atoms with Gasteiger partial charge in [0.2, 0.25) is 0 Å². The van der Waals surface area contributed by atoms with Crippen LogP contribution < -0.4 is 5.19 Å². The SMILES string of the molecule is CC(C)c1ccnc(-c2[c-]cc([Si](C)(C)C)c3c2sc2ccccc23)c1.[Ir].[c-]1ccccc1-c1ccccn1. The van der Waals surface area contributed by atoms with E-state index in [2.05, 4.69) is 93.1 Å². The summed E-state index contributed by atoms with van der Waals surface area (Å²) >= 11 is 1.88. The molecule has 0 unspecified atom stereocenters. The van der Waals surface area contributed by atoms with Gasteiger partial charge in [0, 0.05) is 45.3 Å². The number of pyridine rings is 2. The second-order valence-electron chi connectivity index (χ2n) is 10.8. The van der Waals surface area contributed by atoms with Gasteiger partial charge in [-0.1, -0.05) is 80.8 Å². The first kappa shape index (κ1) is 29.0. The number of benzene rings is 3. The van der Waals surface area contributed by atoms with E-state index in [0.29, 0.717) is 5.92 Å². The van der Waals surface area contributed by atoms with Gasteiger partial charge in [0.05, 0.1) is 0 Å². The molecule has 0 atom stereocenters. The minimum atomic E-state index is -1.48. The summed E-state index contributed by atoms with van der Waals surface area (Å²) < 4.78 is 2.68. The molecule has 1 radical (unpaired) electrons. The fraction of sp³-hybridized carbons (Fsp3) is 0.176. The Morgan fingerprint density at radius 2 is 1.54 bits per heavy atom. The van der Waals surface area contributed by atoms with Crippen LogP contribution in [0.15, 0.2) is 97.3 Å². The molecule has 199 valence electrons. The van der Waals surface area contributed by atoms with Gasteiger partial charge in [0.1, 0.15) is 0 Å². The zero-order valence-corrected chi connectivity index (χ0v) is 27.2. The van der Waals surface area contributed by atoms with Crippen LogP contribution in [0.1, 0.15) is 25.3 Å². The Balaban J connectivity index is 0.000000228. The first-order chi connectivity index (χ1) is 18.3. The molecule has 0 aliphatic carbocycles.